The standard InChI is InChI=1S/C17H25FN2O/c1-13(16-4-6-17(18)7-5-16)10-19(3)11-15-8-9-20(12-15)14(2)21/h4-7,13,15H,8-12H2,1-3H3. The zero-order valence-corrected chi connectivity index (χ0v) is 13.2. The van der Waals surface area contributed by atoms with Crippen LogP contribution in [0.3, 0.4) is 0 Å². The molecule has 1 aliphatic heterocycles. The number of hydrogen-bond donors (Lipinski definition) is 0. The molecule has 1 fully saturated rings. The zero-order valence-electron chi connectivity index (χ0n) is 13.2. The lowest BCUT2D eigenvalue weighted by molar-refractivity contribution is -0.127. The van der Waals surface area contributed by atoms with Crippen LogP contribution in [0.4, 0.5) is 4.39 Å². The van der Waals surface area contributed by atoms with Crippen molar-refractivity contribution in [3.8, 4) is 0 Å². The normalized spacial score (nSPS) is 20.0. The number of halogens is 1. The van der Waals surface area contributed by atoms with Crippen molar-refractivity contribution in [2.45, 2.75) is 26.2 Å². The van der Waals surface area contributed by atoms with Crippen LogP contribution >= 0.6 is 0 Å². The van der Waals surface area contributed by atoms with Crippen LogP contribution in [-0.2, 0) is 4.79 Å². The van der Waals surface area contributed by atoms with E-state index < -0.39 is 0 Å². The third-order valence-electron chi connectivity index (χ3n) is 4.33. The van der Waals surface area contributed by atoms with E-state index in [1.807, 2.05) is 17.0 Å². The lowest BCUT2D eigenvalue weighted by Crippen LogP contribution is -2.32. The molecule has 2 unspecified atom stereocenters. The number of amides is 1. The maximum absolute atomic E-state index is 12.9. The van der Waals surface area contributed by atoms with Gasteiger partial charge in [0, 0.05) is 33.1 Å². The van der Waals surface area contributed by atoms with E-state index in [2.05, 4.69) is 18.9 Å². The van der Waals surface area contributed by atoms with Gasteiger partial charge in [-0.15, -0.1) is 0 Å². The van der Waals surface area contributed by atoms with Crippen molar-refractivity contribution >= 4 is 5.91 Å². The van der Waals surface area contributed by atoms with E-state index in [0.29, 0.717) is 11.8 Å². The quantitative estimate of drug-likeness (QED) is 0.833. The molecule has 3 nitrogen and oxygen atoms in total. The van der Waals surface area contributed by atoms with Crippen LogP contribution in [-0.4, -0.2) is 48.9 Å². The van der Waals surface area contributed by atoms with Gasteiger partial charge in [0.2, 0.25) is 5.91 Å². The smallest absolute Gasteiger partial charge is 0.219 e. The van der Waals surface area contributed by atoms with E-state index in [1.54, 1.807) is 6.92 Å². The number of likely N-dealkylation sites (N-methyl/N-ethyl adjacent to an activating group) is 1. The first kappa shape index (κ1) is 16.0. The number of rotatable bonds is 5. The summed E-state index contributed by atoms with van der Waals surface area (Å²) in [5.74, 6) is 0.939. The molecule has 0 saturated carbocycles. The predicted molar refractivity (Wildman–Crippen MR) is 82.7 cm³/mol. The minimum absolute atomic E-state index is 0.180. The van der Waals surface area contributed by atoms with E-state index >= 15 is 0 Å². The third-order valence-corrected chi connectivity index (χ3v) is 4.33. The number of benzene rings is 1. The Morgan fingerprint density at radius 3 is 2.67 bits per heavy atom. The Labute approximate surface area is 126 Å². The highest BCUT2D eigenvalue weighted by atomic mass is 19.1. The fraction of sp³-hybridized carbons (Fsp3) is 0.588. The number of nitrogens with zero attached hydrogens (tertiary/aromatic N) is 2. The first-order valence-electron chi connectivity index (χ1n) is 7.65. The molecule has 2 rings (SSSR count). The highest BCUT2D eigenvalue weighted by molar-refractivity contribution is 5.73. The molecule has 1 amide bonds. The molecule has 1 heterocycles. The summed E-state index contributed by atoms with van der Waals surface area (Å²) < 4.78 is 12.9. The average Bonchev–Trinajstić information content (AvgIpc) is 2.87. The number of likely N-dealkylation sites (tertiary alicyclic amines) is 1. The van der Waals surface area contributed by atoms with Crippen molar-refractivity contribution in [1.29, 1.82) is 0 Å². The van der Waals surface area contributed by atoms with Gasteiger partial charge < -0.3 is 9.80 Å². The molecule has 0 N–H and O–H groups in total. The molecule has 0 radical (unpaired) electrons. The minimum Gasteiger partial charge on any atom is -0.343 e. The van der Waals surface area contributed by atoms with Gasteiger partial charge >= 0.3 is 0 Å². The second kappa shape index (κ2) is 7.03. The molecule has 4 heteroatoms. The second-order valence-electron chi connectivity index (χ2n) is 6.29. The van der Waals surface area contributed by atoms with Gasteiger partial charge in [0.15, 0.2) is 0 Å². The van der Waals surface area contributed by atoms with Gasteiger partial charge in [-0.05, 0) is 43.0 Å². The summed E-state index contributed by atoms with van der Waals surface area (Å²) in [6, 6.07) is 6.77. The lowest BCUT2D eigenvalue weighted by atomic mass is 10.00. The fourth-order valence-corrected chi connectivity index (χ4v) is 3.15. The molecule has 1 aromatic carbocycles. The molecule has 0 spiro atoms. The van der Waals surface area contributed by atoms with E-state index in [-0.39, 0.29) is 11.7 Å². The molecule has 2 atom stereocenters. The Bertz CT molecular complexity index is 474. The first-order chi connectivity index (χ1) is 9.95. The third kappa shape index (κ3) is 4.53. The van der Waals surface area contributed by atoms with Crippen molar-refractivity contribution < 1.29 is 9.18 Å². The van der Waals surface area contributed by atoms with Gasteiger partial charge in [0.25, 0.3) is 0 Å². The summed E-state index contributed by atoms with van der Waals surface area (Å²) in [5.41, 5.74) is 1.17. The van der Waals surface area contributed by atoms with Crippen LogP contribution in [0.25, 0.3) is 0 Å². The molecular weight excluding hydrogens is 267 g/mol. The molecule has 0 bridgehead atoms. The first-order valence-corrected chi connectivity index (χ1v) is 7.65. The van der Waals surface area contributed by atoms with Crippen molar-refractivity contribution in [2.75, 3.05) is 33.2 Å². The van der Waals surface area contributed by atoms with Crippen LogP contribution in [0.1, 0.15) is 31.7 Å². The van der Waals surface area contributed by atoms with Crippen LogP contribution < -0.4 is 0 Å². The Hall–Kier alpha value is -1.42. The highest BCUT2D eigenvalue weighted by Gasteiger charge is 2.25. The largest absolute Gasteiger partial charge is 0.343 e. The maximum Gasteiger partial charge on any atom is 0.219 e. The molecule has 1 aromatic rings. The van der Waals surface area contributed by atoms with E-state index in [0.717, 1.165) is 32.6 Å². The summed E-state index contributed by atoms with van der Waals surface area (Å²) in [6.07, 6.45) is 1.09. The highest BCUT2D eigenvalue weighted by Crippen LogP contribution is 2.20. The van der Waals surface area contributed by atoms with Gasteiger partial charge in [-0.2, -0.15) is 0 Å². The van der Waals surface area contributed by atoms with Gasteiger partial charge in [0.05, 0.1) is 0 Å². The summed E-state index contributed by atoms with van der Waals surface area (Å²) in [7, 11) is 2.12. The fourth-order valence-electron chi connectivity index (χ4n) is 3.15. The molecule has 1 saturated heterocycles. The summed E-state index contributed by atoms with van der Waals surface area (Å²) >= 11 is 0. The Morgan fingerprint density at radius 2 is 2.10 bits per heavy atom. The van der Waals surface area contributed by atoms with E-state index in [9.17, 15) is 9.18 Å². The number of carbonyl (C=O) groups is 1. The monoisotopic (exact) mass is 292 g/mol. The van der Waals surface area contributed by atoms with Crippen LogP contribution in [0.15, 0.2) is 24.3 Å². The van der Waals surface area contributed by atoms with Crippen molar-refractivity contribution in [3.63, 3.8) is 0 Å². The maximum atomic E-state index is 12.9. The van der Waals surface area contributed by atoms with Crippen LogP contribution in [0.2, 0.25) is 0 Å². The minimum atomic E-state index is -0.186. The van der Waals surface area contributed by atoms with Crippen LogP contribution in [0.5, 0.6) is 0 Å². The molecule has 116 valence electrons. The van der Waals surface area contributed by atoms with Gasteiger partial charge in [-0.1, -0.05) is 19.1 Å². The van der Waals surface area contributed by atoms with Crippen molar-refractivity contribution in [1.82, 2.24) is 9.80 Å². The topological polar surface area (TPSA) is 23.6 Å². The number of carbonyl (C=O) groups excluding carboxylic acids is 1. The predicted octanol–water partition coefficient (Wildman–Crippen LogP) is 2.73. The van der Waals surface area contributed by atoms with Crippen molar-refractivity contribution in [2.24, 2.45) is 5.92 Å². The number of hydrogen-bond acceptors (Lipinski definition) is 2. The summed E-state index contributed by atoms with van der Waals surface area (Å²) in [6.45, 7) is 7.53. The zero-order chi connectivity index (χ0) is 15.4. The van der Waals surface area contributed by atoms with Gasteiger partial charge in [-0.3, -0.25) is 4.79 Å². The molecular formula is C17H25FN2O. The molecule has 1 aliphatic rings. The summed E-state index contributed by atoms with van der Waals surface area (Å²) in [5, 5.41) is 0. The summed E-state index contributed by atoms with van der Waals surface area (Å²) in [4.78, 5) is 15.6. The van der Waals surface area contributed by atoms with Crippen molar-refractivity contribution in [3.05, 3.63) is 35.6 Å². The second-order valence-corrected chi connectivity index (χ2v) is 6.29. The lowest BCUT2D eigenvalue weighted by Gasteiger charge is -2.24. The van der Waals surface area contributed by atoms with Gasteiger partial charge in [0.1, 0.15) is 5.82 Å². The molecule has 0 aliphatic carbocycles. The van der Waals surface area contributed by atoms with Gasteiger partial charge in [-0.25, -0.2) is 4.39 Å². The Morgan fingerprint density at radius 1 is 1.43 bits per heavy atom. The van der Waals surface area contributed by atoms with E-state index in [4.69, 9.17) is 0 Å². The molecule has 0 aromatic heterocycles. The van der Waals surface area contributed by atoms with E-state index in [1.165, 1.54) is 17.7 Å². The van der Waals surface area contributed by atoms with Crippen LogP contribution in [0, 0.1) is 11.7 Å². The Balaban J connectivity index is 1.80. The Kier molecular flexibility index (Phi) is 5.34. The average molecular weight is 292 g/mol. The molecule has 21 heavy (non-hydrogen) atoms. The SMILES string of the molecule is CC(=O)N1CCC(CN(C)CC(C)c2ccc(F)cc2)C1.